The second-order valence-electron chi connectivity index (χ2n) is 6.02. The van der Waals surface area contributed by atoms with Crippen LogP contribution < -0.4 is 14.8 Å². The summed E-state index contributed by atoms with van der Waals surface area (Å²) in [6, 6.07) is 4.37. The molecule has 1 atom stereocenters. The Labute approximate surface area is 137 Å². The summed E-state index contributed by atoms with van der Waals surface area (Å²) in [5.41, 5.74) is 1.04. The molecule has 2 rings (SSSR count). The van der Waals surface area contributed by atoms with Crippen LogP contribution in [0.25, 0.3) is 0 Å². The highest BCUT2D eigenvalue weighted by atomic mass is 35.5. The number of nitrogens with one attached hydrogen (secondary N) is 1. The minimum Gasteiger partial charge on any atom is -0.496 e. The van der Waals surface area contributed by atoms with Crippen LogP contribution >= 0.6 is 11.6 Å². The Morgan fingerprint density at radius 1 is 1.18 bits per heavy atom. The van der Waals surface area contributed by atoms with E-state index in [0.29, 0.717) is 29.3 Å². The maximum atomic E-state index is 9.22. The van der Waals surface area contributed by atoms with Gasteiger partial charge in [-0.05, 0) is 44.6 Å². The fraction of sp³-hybridized carbons (Fsp3) is 0.647. The quantitative estimate of drug-likeness (QED) is 0.839. The molecule has 0 amide bonds. The second-order valence-corrected chi connectivity index (χ2v) is 6.42. The van der Waals surface area contributed by atoms with Crippen LogP contribution in [0.5, 0.6) is 11.5 Å². The zero-order chi connectivity index (χ0) is 16.1. The van der Waals surface area contributed by atoms with Crippen molar-refractivity contribution in [2.45, 2.75) is 44.7 Å². The van der Waals surface area contributed by atoms with E-state index >= 15 is 0 Å². The zero-order valence-corrected chi connectivity index (χ0v) is 14.3. The monoisotopic (exact) mass is 327 g/mol. The predicted molar refractivity (Wildman–Crippen MR) is 88.9 cm³/mol. The molecule has 1 aliphatic rings. The van der Waals surface area contributed by atoms with Crippen molar-refractivity contribution in [1.29, 1.82) is 0 Å². The van der Waals surface area contributed by atoms with E-state index < -0.39 is 0 Å². The summed E-state index contributed by atoms with van der Waals surface area (Å²) in [4.78, 5) is 0. The van der Waals surface area contributed by atoms with Gasteiger partial charge in [-0.3, -0.25) is 0 Å². The zero-order valence-electron chi connectivity index (χ0n) is 13.6. The van der Waals surface area contributed by atoms with Crippen molar-refractivity contribution < 1.29 is 14.6 Å². The van der Waals surface area contributed by atoms with Gasteiger partial charge in [0.25, 0.3) is 0 Å². The first kappa shape index (κ1) is 17.4. The summed E-state index contributed by atoms with van der Waals surface area (Å²) in [7, 11) is 3.26. The fourth-order valence-electron chi connectivity index (χ4n) is 3.18. The summed E-state index contributed by atoms with van der Waals surface area (Å²) in [6.45, 7) is 2.43. The second kappa shape index (κ2) is 8.04. The lowest BCUT2D eigenvalue weighted by molar-refractivity contribution is 0.172. The van der Waals surface area contributed by atoms with E-state index in [0.717, 1.165) is 37.0 Å². The van der Waals surface area contributed by atoms with E-state index in [4.69, 9.17) is 21.1 Å². The lowest BCUT2D eigenvalue weighted by Gasteiger charge is -2.31. The lowest BCUT2D eigenvalue weighted by atomic mass is 9.86. The van der Waals surface area contributed by atoms with Gasteiger partial charge in [0.1, 0.15) is 11.5 Å². The average molecular weight is 328 g/mol. The van der Waals surface area contributed by atoms with Crippen LogP contribution in [0.2, 0.25) is 5.02 Å². The molecule has 1 unspecified atom stereocenters. The Morgan fingerprint density at radius 2 is 1.82 bits per heavy atom. The number of ether oxygens (including phenoxy) is 2. The fourth-order valence-corrected chi connectivity index (χ4v) is 3.43. The summed E-state index contributed by atoms with van der Waals surface area (Å²) in [5.74, 6) is 1.88. The Bertz CT molecular complexity index is 487. The molecule has 0 heterocycles. The number of hydrogen-bond donors (Lipinski definition) is 2. The van der Waals surface area contributed by atoms with Gasteiger partial charge in [-0.1, -0.05) is 11.6 Å². The highest BCUT2D eigenvalue weighted by molar-refractivity contribution is 6.32. The standard InChI is InChI=1S/C17H26ClNO3/c1-11(19-13-6-4-12(10-20)5-7-13)14-8-15(18)17(22-3)9-16(14)21-2/h8-9,11-13,19-20H,4-7,10H2,1-3H3. The van der Waals surface area contributed by atoms with Gasteiger partial charge in [0.05, 0.1) is 19.2 Å². The lowest BCUT2D eigenvalue weighted by Crippen LogP contribution is -2.35. The van der Waals surface area contributed by atoms with Crippen LogP contribution in [-0.2, 0) is 0 Å². The molecular weight excluding hydrogens is 302 g/mol. The van der Waals surface area contributed by atoms with Crippen molar-refractivity contribution in [2.24, 2.45) is 5.92 Å². The third-order valence-corrected chi connectivity index (χ3v) is 4.86. The molecule has 0 saturated heterocycles. The molecular formula is C17H26ClNO3. The van der Waals surface area contributed by atoms with Gasteiger partial charge < -0.3 is 19.9 Å². The van der Waals surface area contributed by atoms with Gasteiger partial charge in [0, 0.05) is 30.3 Å². The predicted octanol–water partition coefficient (Wildman–Crippen LogP) is 3.56. The molecule has 0 bridgehead atoms. The summed E-state index contributed by atoms with van der Waals surface area (Å²) >= 11 is 6.25. The minimum atomic E-state index is 0.147. The van der Waals surface area contributed by atoms with E-state index in [-0.39, 0.29) is 6.04 Å². The van der Waals surface area contributed by atoms with Crippen LogP contribution in [0.4, 0.5) is 0 Å². The Morgan fingerprint density at radius 3 is 2.36 bits per heavy atom. The third-order valence-electron chi connectivity index (χ3n) is 4.56. The Balaban J connectivity index is 2.06. The molecule has 1 aromatic rings. The van der Waals surface area contributed by atoms with Gasteiger partial charge in [-0.2, -0.15) is 0 Å². The van der Waals surface area contributed by atoms with Crippen molar-refractivity contribution in [2.75, 3.05) is 20.8 Å². The number of halogens is 1. The first-order valence-corrected chi connectivity index (χ1v) is 8.25. The Hall–Kier alpha value is -0.970. The topological polar surface area (TPSA) is 50.7 Å². The van der Waals surface area contributed by atoms with Crippen LogP contribution in [0.1, 0.15) is 44.2 Å². The van der Waals surface area contributed by atoms with Crippen LogP contribution in [-0.4, -0.2) is 32.0 Å². The smallest absolute Gasteiger partial charge is 0.141 e. The maximum Gasteiger partial charge on any atom is 0.141 e. The van der Waals surface area contributed by atoms with Crippen LogP contribution in [0, 0.1) is 5.92 Å². The van der Waals surface area contributed by atoms with E-state index in [1.54, 1.807) is 14.2 Å². The van der Waals surface area contributed by atoms with Gasteiger partial charge in [-0.15, -0.1) is 0 Å². The molecule has 1 fully saturated rings. The maximum absolute atomic E-state index is 9.22. The molecule has 0 aliphatic heterocycles. The number of rotatable bonds is 6. The van der Waals surface area contributed by atoms with Gasteiger partial charge in [0.2, 0.25) is 0 Å². The summed E-state index contributed by atoms with van der Waals surface area (Å²) in [5, 5.41) is 13.5. The van der Waals surface area contributed by atoms with Gasteiger partial charge in [0.15, 0.2) is 0 Å². The van der Waals surface area contributed by atoms with E-state index in [1.807, 2.05) is 12.1 Å². The molecule has 1 aromatic carbocycles. The van der Waals surface area contributed by atoms with Gasteiger partial charge >= 0.3 is 0 Å². The number of hydrogen-bond acceptors (Lipinski definition) is 4. The van der Waals surface area contributed by atoms with Crippen molar-refractivity contribution in [1.82, 2.24) is 5.32 Å². The normalized spacial score (nSPS) is 23.1. The molecule has 0 aromatic heterocycles. The highest BCUT2D eigenvalue weighted by Gasteiger charge is 2.23. The molecule has 124 valence electrons. The number of aliphatic hydroxyl groups excluding tert-OH is 1. The average Bonchev–Trinajstić information content (AvgIpc) is 2.55. The largest absolute Gasteiger partial charge is 0.496 e. The third kappa shape index (κ3) is 4.06. The molecule has 1 aliphatic carbocycles. The van der Waals surface area contributed by atoms with Gasteiger partial charge in [-0.25, -0.2) is 0 Å². The number of methoxy groups -OCH3 is 2. The van der Waals surface area contributed by atoms with E-state index in [2.05, 4.69) is 12.2 Å². The van der Waals surface area contributed by atoms with Crippen molar-refractivity contribution in [3.63, 3.8) is 0 Å². The van der Waals surface area contributed by atoms with E-state index in [9.17, 15) is 5.11 Å². The van der Waals surface area contributed by atoms with Crippen LogP contribution in [0.3, 0.4) is 0 Å². The molecule has 4 nitrogen and oxygen atoms in total. The minimum absolute atomic E-state index is 0.147. The summed E-state index contributed by atoms with van der Waals surface area (Å²) in [6.07, 6.45) is 4.37. The molecule has 1 saturated carbocycles. The summed E-state index contributed by atoms with van der Waals surface area (Å²) < 4.78 is 10.7. The van der Waals surface area contributed by atoms with Crippen LogP contribution in [0.15, 0.2) is 12.1 Å². The molecule has 22 heavy (non-hydrogen) atoms. The van der Waals surface area contributed by atoms with Crippen molar-refractivity contribution >= 4 is 11.6 Å². The first-order valence-electron chi connectivity index (χ1n) is 7.87. The van der Waals surface area contributed by atoms with Crippen molar-refractivity contribution in [3.05, 3.63) is 22.7 Å². The molecule has 5 heteroatoms. The first-order chi connectivity index (χ1) is 10.6. The Kier molecular flexibility index (Phi) is 6.36. The highest BCUT2D eigenvalue weighted by Crippen LogP contribution is 2.36. The molecule has 2 N–H and O–H groups in total. The van der Waals surface area contributed by atoms with E-state index in [1.165, 1.54) is 0 Å². The SMILES string of the molecule is COc1cc(OC)c(C(C)NC2CCC(CO)CC2)cc1Cl. The number of benzene rings is 1. The molecule has 0 spiro atoms. The molecule has 0 radical (unpaired) electrons. The number of aliphatic hydroxyl groups is 1. The van der Waals surface area contributed by atoms with Crippen molar-refractivity contribution in [3.8, 4) is 11.5 Å².